The third-order valence-corrected chi connectivity index (χ3v) is 3.70. The Balaban J connectivity index is 1.96. The first-order valence-electron chi connectivity index (χ1n) is 6.33. The van der Waals surface area contributed by atoms with E-state index in [1.165, 1.54) is 0 Å². The van der Waals surface area contributed by atoms with Crippen LogP contribution in [0.2, 0.25) is 0 Å². The molecular weight excluding hydrogens is 234 g/mol. The lowest BCUT2D eigenvalue weighted by Gasteiger charge is -2.38. The van der Waals surface area contributed by atoms with Crippen molar-refractivity contribution in [1.29, 1.82) is 0 Å². The second-order valence-corrected chi connectivity index (χ2v) is 4.94. The molecule has 18 heavy (non-hydrogen) atoms. The van der Waals surface area contributed by atoms with E-state index in [9.17, 15) is 14.4 Å². The van der Waals surface area contributed by atoms with Gasteiger partial charge in [0, 0.05) is 33.1 Å². The van der Waals surface area contributed by atoms with Gasteiger partial charge in [-0.1, -0.05) is 0 Å². The van der Waals surface area contributed by atoms with Gasteiger partial charge in [0.15, 0.2) is 0 Å². The number of rotatable bonds is 2. The Morgan fingerprint density at radius 1 is 1.28 bits per heavy atom. The smallest absolute Gasteiger partial charge is 0.244 e. The van der Waals surface area contributed by atoms with Crippen molar-refractivity contribution in [3.05, 3.63) is 0 Å². The fourth-order valence-electron chi connectivity index (χ4n) is 2.48. The molecule has 2 aliphatic rings. The summed E-state index contributed by atoms with van der Waals surface area (Å²) in [7, 11) is 1.74. The van der Waals surface area contributed by atoms with Gasteiger partial charge in [0.25, 0.3) is 0 Å². The molecule has 100 valence electrons. The van der Waals surface area contributed by atoms with Crippen LogP contribution in [0.4, 0.5) is 0 Å². The normalized spacial score (nSPS) is 25.0. The lowest BCUT2D eigenvalue weighted by molar-refractivity contribution is -0.150. The van der Waals surface area contributed by atoms with Crippen LogP contribution >= 0.6 is 0 Å². The summed E-state index contributed by atoms with van der Waals surface area (Å²) < 4.78 is 0. The fourth-order valence-corrected chi connectivity index (χ4v) is 2.48. The van der Waals surface area contributed by atoms with Crippen molar-refractivity contribution < 1.29 is 14.4 Å². The van der Waals surface area contributed by atoms with Gasteiger partial charge in [-0.05, 0) is 13.3 Å². The van der Waals surface area contributed by atoms with E-state index in [4.69, 9.17) is 0 Å². The summed E-state index contributed by atoms with van der Waals surface area (Å²) in [4.78, 5) is 40.2. The molecule has 3 amide bonds. The lowest BCUT2D eigenvalue weighted by atomic mass is 10.2. The minimum absolute atomic E-state index is 0.0384. The molecule has 0 N–H and O–H groups in total. The Labute approximate surface area is 107 Å². The third kappa shape index (κ3) is 2.32. The zero-order valence-electron chi connectivity index (χ0n) is 10.9. The molecule has 0 aromatic rings. The van der Waals surface area contributed by atoms with Gasteiger partial charge in [-0.25, -0.2) is 0 Å². The molecule has 0 spiro atoms. The van der Waals surface area contributed by atoms with Crippen LogP contribution in [0, 0.1) is 0 Å². The molecule has 6 nitrogen and oxygen atoms in total. The van der Waals surface area contributed by atoms with Crippen LogP contribution in [0.1, 0.15) is 19.8 Å². The largest absolute Gasteiger partial charge is 0.342 e. The van der Waals surface area contributed by atoms with Gasteiger partial charge in [-0.3, -0.25) is 14.4 Å². The van der Waals surface area contributed by atoms with Crippen molar-refractivity contribution in [3.8, 4) is 0 Å². The molecule has 0 saturated carbocycles. The molecule has 2 rings (SSSR count). The molecule has 6 heteroatoms. The van der Waals surface area contributed by atoms with E-state index in [0.29, 0.717) is 26.1 Å². The molecular formula is C12H19N3O3. The summed E-state index contributed by atoms with van der Waals surface area (Å²) in [5.41, 5.74) is 0. The number of amides is 3. The summed E-state index contributed by atoms with van der Waals surface area (Å²) in [6.07, 6.45) is 1.35. The number of hydrogen-bond acceptors (Lipinski definition) is 3. The maximum Gasteiger partial charge on any atom is 0.244 e. The van der Waals surface area contributed by atoms with Crippen molar-refractivity contribution in [2.75, 3.05) is 33.2 Å². The van der Waals surface area contributed by atoms with E-state index in [2.05, 4.69) is 0 Å². The number of likely N-dealkylation sites (tertiary alicyclic amines) is 1. The number of carbonyl (C=O) groups is 3. The zero-order chi connectivity index (χ0) is 13.3. The monoisotopic (exact) mass is 253 g/mol. The van der Waals surface area contributed by atoms with Gasteiger partial charge in [-0.15, -0.1) is 0 Å². The first-order valence-corrected chi connectivity index (χ1v) is 6.33. The summed E-state index contributed by atoms with van der Waals surface area (Å²) >= 11 is 0. The van der Waals surface area contributed by atoms with Crippen LogP contribution in [0.15, 0.2) is 0 Å². The predicted molar refractivity (Wildman–Crippen MR) is 64.6 cm³/mol. The van der Waals surface area contributed by atoms with E-state index >= 15 is 0 Å². The van der Waals surface area contributed by atoms with Gasteiger partial charge in [0.1, 0.15) is 6.04 Å². The van der Waals surface area contributed by atoms with E-state index in [1.807, 2.05) is 0 Å². The van der Waals surface area contributed by atoms with E-state index in [1.54, 1.807) is 28.7 Å². The first kappa shape index (κ1) is 12.9. The highest BCUT2D eigenvalue weighted by molar-refractivity contribution is 5.91. The molecule has 0 aromatic carbocycles. The van der Waals surface area contributed by atoms with Crippen molar-refractivity contribution in [2.24, 2.45) is 0 Å². The van der Waals surface area contributed by atoms with Gasteiger partial charge >= 0.3 is 0 Å². The number of nitrogens with zero attached hydrogens (tertiary/aromatic N) is 3. The fraction of sp³-hybridized carbons (Fsp3) is 0.750. The lowest BCUT2D eigenvalue weighted by Crippen LogP contribution is -2.58. The molecule has 1 unspecified atom stereocenters. The molecule has 0 bridgehead atoms. The van der Waals surface area contributed by atoms with E-state index < -0.39 is 6.04 Å². The van der Waals surface area contributed by atoms with Crippen LogP contribution in [0.3, 0.4) is 0 Å². The van der Waals surface area contributed by atoms with Crippen LogP contribution in [-0.2, 0) is 14.4 Å². The summed E-state index contributed by atoms with van der Waals surface area (Å²) in [6.45, 7) is 3.61. The quantitative estimate of drug-likeness (QED) is 0.653. The van der Waals surface area contributed by atoms with Crippen molar-refractivity contribution in [2.45, 2.75) is 25.8 Å². The van der Waals surface area contributed by atoms with Crippen LogP contribution in [0.25, 0.3) is 0 Å². The number of hydrogen-bond donors (Lipinski definition) is 0. The second kappa shape index (κ2) is 4.96. The Hall–Kier alpha value is -1.59. The highest BCUT2D eigenvalue weighted by Crippen LogP contribution is 2.13. The van der Waals surface area contributed by atoms with Crippen molar-refractivity contribution >= 4 is 17.7 Å². The van der Waals surface area contributed by atoms with Crippen LogP contribution in [-0.4, -0.2) is 71.7 Å². The topological polar surface area (TPSA) is 60.9 Å². The minimum Gasteiger partial charge on any atom is -0.342 e. The van der Waals surface area contributed by atoms with Crippen LogP contribution in [0.5, 0.6) is 0 Å². The van der Waals surface area contributed by atoms with Gasteiger partial charge < -0.3 is 14.7 Å². The first-order chi connectivity index (χ1) is 8.50. The average molecular weight is 253 g/mol. The zero-order valence-corrected chi connectivity index (χ0v) is 10.9. The standard InChI is InChI=1S/C12H19N3O3/c1-9-12(18)13(2)6-7-15(9)11(17)8-14-5-3-4-10(14)16/h9H,3-8H2,1-2H3. The Kier molecular flexibility index (Phi) is 3.54. The SMILES string of the molecule is CC1C(=O)N(C)CCN1C(=O)CN1CCCC1=O. The maximum atomic E-state index is 12.1. The molecule has 0 radical (unpaired) electrons. The van der Waals surface area contributed by atoms with E-state index in [0.717, 1.165) is 6.42 Å². The Morgan fingerprint density at radius 2 is 2.00 bits per heavy atom. The molecule has 2 aliphatic heterocycles. The third-order valence-electron chi connectivity index (χ3n) is 3.70. The predicted octanol–water partition coefficient (Wildman–Crippen LogP) is -0.702. The number of likely N-dealkylation sites (N-methyl/N-ethyl adjacent to an activating group) is 1. The van der Waals surface area contributed by atoms with Crippen LogP contribution < -0.4 is 0 Å². The summed E-state index contributed by atoms with van der Waals surface area (Å²) in [5, 5.41) is 0. The molecule has 2 heterocycles. The Bertz CT molecular complexity index is 383. The second-order valence-electron chi connectivity index (χ2n) is 4.94. The molecule has 2 saturated heterocycles. The average Bonchev–Trinajstić information content (AvgIpc) is 2.72. The molecule has 0 aromatic heterocycles. The summed E-state index contributed by atoms with van der Waals surface area (Å²) in [5.74, 6) is -0.127. The van der Waals surface area contributed by atoms with Gasteiger partial charge in [0.05, 0.1) is 6.54 Å². The minimum atomic E-state index is -0.422. The highest BCUT2D eigenvalue weighted by Gasteiger charge is 2.34. The van der Waals surface area contributed by atoms with Crippen molar-refractivity contribution in [1.82, 2.24) is 14.7 Å². The number of carbonyl (C=O) groups excluding carboxylic acids is 3. The summed E-state index contributed by atoms with van der Waals surface area (Å²) in [6, 6.07) is -0.422. The van der Waals surface area contributed by atoms with Crippen molar-refractivity contribution in [3.63, 3.8) is 0 Å². The van der Waals surface area contributed by atoms with Gasteiger partial charge in [0.2, 0.25) is 17.7 Å². The number of piperazine rings is 1. The van der Waals surface area contributed by atoms with E-state index in [-0.39, 0.29) is 24.3 Å². The highest BCUT2D eigenvalue weighted by atomic mass is 16.2. The maximum absolute atomic E-state index is 12.1. The van der Waals surface area contributed by atoms with Gasteiger partial charge in [-0.2, -0.15) is 0 Å². The molecule has 2 fully saturated rings. The Morgan fingerprint density at radius 3 is 2.61 bits per heavy atom. The molecule has 1 atom stereocenters. The molecule has 0 aliphatic carbocycles.